The van der Waals surface area contributed by atoms with E-state index in [-0.39, 0.29) is 9.90 Å². The molecular weight excluding hydrogens is 270 g/mol. The smallest absolute Gasteiger partial charge is 0.0487 e. The summed E-state index contributed by atoms with van der Waals surface area (Å²) in [5.74, 6) is 0.743. The average Bonchev–Trinajstić information content (AvgIpc) is 1.89. The average molecular weight is 290 g/mol. The van der Waals surface area contributed by atoms with Gasteiger partial charge in [0.2, 0.25) is 0 Å². The molecule has 0 saturated carbocycles. The number of hydrogen-bond donors (Lipinski definition) is 0. The lowest BCUT2D eigenvalue weighted by Crippen LogP contribution is -2.02. The fraction of sp³-hybridized carbons (Fsp3) is 1.00. The fourth-order valence-corrected chi connectivity index (χ4v) is 1.49. The highest BCUT2D eigenvalue weighted by Crippen LogP contribution is 2.08. The zero-order valence-corrected chi connectivity index (χ0v) is 11.2. The van der Waals surface area contributed by atoms with Gasteiger partial charge in [-0.3, -0.25) is 0 Å². The summed E-state index contributed by atoms with van der Waals surface area (Å²) in [6, 6.07) is 0. The van der Waals surface area contributed by atoms with Gasteiger partial charge in [-0.25, -0.2) is 0 Å². The van der Waals surface area contributed by atoms with E-state index in [1.807, 2.05) is 0 Å². The van der Waals surface area contributed by atoms with Crippen molar-refractivity contribution < 1.29 is 4.74 Å². The summed E-state index contributed by atoms with van der Waals surface area (Å²) < 4.78 is 6.32. The number of alkyl halides is 1. The van der Waals surface area contributed by atoms with Crippen molar-refractivity contribution >= 4 is 32.5 Å². The normalized spacial score (nSPS) is 12.3. The Kier molecular flexibility index (Phi) is 14.8. The first-order valence-electron chi connectivity index (χ1n) is 3.86. The van der Waals surface area contributed by atoms with E-state index in [2.05, 4.69) is 29.5 Å². The lowest BCUT2D eigenvalue weighted by atomic mass is 10.1. The van der Waals surface area contributed by atoms with Gasteiger partial charge in [0.25, 0.3) is 0 Å². The summed E-state index contributed by atoms with van der Waals surface area (Å²) in [4.78, 5) is 0. The molecule has 0 spiro atoms. The van der Waals surface area contributed by atoms with E-state index >= 15 is 0 Å². The molecule has 0 aromatic heterocycles. The number of methoxy groups -OCH3 is 1. The molecule has 1 nitrogen and oxygen atoms in total. The van der Waals surface area contributed by atoms with Gasteiger partial charge in [-0.2, -0.15) is 9.90 Å². The predicted octanol–water partition coefficient (Wildman–Crippen LogP) is 2.93. The maximum Gasteiger partial charge on any atom is 0.0487 e. The Morgan fingerprint density at radius 2 is 2.00 bits per heavy atom. The van der Waals surface area contributed by atoms with Gasteiger partial charge in [0.15, 0.2) is 0 Å². The zero-order chi connectivity index (χ0) is 7.82. The van der Waals surface area contributed by atoms with Gasteiger partial charge in [-0.05, 0) is 23.2 Å². The maximum atomic E-state index is 5.03. The molecule has 1 unspecified atom stereocenters. The van der Waals surface area contributed by atoms with Crippen LogP contribution in [-0.2, 0) is 4.74 Å². The number of ether oxygens (including phenoxy) is 1. The van der Waals surface area contributed by atoms with Crippen molar-refractivity contribution in [2.75, 3.05) is 18.1 Å². The molecule has 0 aromatic carbocycles. The molecule has 0 heterocycles. The van der Waals surface area contributed by atoms with Crippen LogP contribution in [0.5, 0.6) is 0 Å². The Labute approximate surface area is 87.4 Å². The first-order valence-corrected chi connectivity index (χ1v) is 5.38. The van der Waals surface area contributed by atoms with Crippen LogP contribution in [0.3, 0.4) is 0 Å². The number of rotatable bonds is 6. The van der Waals surface area contributed by atoms with Crippen molar-refractivity contribution in [3.05, 3.63) is 0 Å². The minimum Gasteiger partial charge on any atom is -0.384 e. The Morgan fingerprint density at radius 3 is 2.45 bits per heavy atom. The number of halogens is 1. The van der Waals surface area contributed by atoms with Gasteiger partial charge in [0.05, 0.1) is 0 Å². The second-order valence-corrected chi connectivity index (χ2v) is 3.82. The summed E-state index contributed by atoms with van der Waals surface area (Å²) >= 11 is 2.42. The third kappa shape index (κ3) is 11.1. The molecule has 70 valence electrons. The van der Waals surface area contributed by atoms with Crippen molar-refractivity contribution in [3.8, 4) is 0 Å². The molecule has 0 aliphatic rings. The summed E-state index contributed by atoms with van der Waals surface area (Å²) in [6.07, 6.45) is 4.03. The molecule has 3 heteroatoms. The monoisotopic (exact) mass is 290 g/mol. The molecule has 0 aromatic rings. The molecule has 2 atom stereocenters. The van der Waals surface area contributed by atoms with Crippen LogP contribution in [0.15, 0.2) is 0 Å². The lowest BCUT2D eigenvalue weighted by Gasteiger charge is -2.07. The highest BCUT2D eigenvalue weighted by molar-refractivity contribution is 14.1. The van der Waals surface area contributed by atoms with E-state index < -0.39 is 0 Å². The van der Waals surface area contributed by atoms with Crippen LogP contribution in [-0.4, -0.2) is 18.1 Å². The third-order valence-corrected chi connectivity index (χ3v) is 2.29. The van der Waals surface area contributed by atoms with Crippen molar-refractivity contribution in [1.82, 2.24) is 0 Å². The van der Waals surface area contributed by atoms with E-state index in [0.717, 1.165) is 12.5 Å². The van der Waals surface area contributed by atoms with Gasteiger partial charge in [-0.15, -0.1) is 0 Å². The molecule has 0 bridgehead atoms. The van der Waals surface area contributed by atoms with Gasteiger partial charge in [0, 0.05) is 13.7 Å². The van der Waals surface area contributed by atoms with E-state index in [1.165, 1.54) is 23.7 Å². The van der Waals surface area contributed by atoms with Crippen molar-refractivity contribution in [2.45, 2.75) is 26.2 Å². The summed E-state index contributed by atoms with van der Waals surface area (Å²) in [5.41, 5.74) is 0. The zero-order valence-electron chi connectivity index (χ0n) is 7.61. The highest BCUT2D eigenvalue weighted by Gasteiger charge is 1.99. The van der Waals surface area contributed by atoms with E-state index in [9.17, 15) is 0 Å². The van der Waals surface area contributed by atoms with Crippen LogP contribution in [0, 0.1) is 5.92 Å². The standard InChI is InChI=1S/C8H17IO.H3P/c1-8(7-10-2)5-3-4-6-9;/h8H,3-7H2,1-2H3;1H3/t8-;/m0./s1. The Morgan fingerprint density at radius 1 is 1.36 bits per heavy atom. The van der Waals surface area contributed by atoms with Crippen LogP contribution < -0.4 is 0 Å². The second-order valence-electron chi connectivity index (χ2n) is 2.75. The molecule has 0 aliphatic heterocycles. The quantitative estimate of drug-likeness (QED) is 0.316. The van der Waals surface area contributed by atoms with Crippen LogP contribution in [0.2, 0.25) is 0 Å². The highest BCUT2D eigenvalue weighted by atomic mass is 127. The lowest BCUT2D eigenvalue weighted by molar-refractivity contribution is 0.154. The minimum absolute atomic E-state index is 0. The van der Waals surface area contributed by atoms with Crippen LogP contribution in [0.25, 0.3) is 0 Å². The Hall–Kier alpha value is 1.12. The number of hydrogen-bond acceptors (Lipinski definition) is 1. The first-order chi connectivity index (χ1) is 4.81. The molecule has 11 heavy (non-hydrogen) atoms. The predicted molar refractivity (Wildman–Crippen MR) is 64.9 cm³/mol. The SMILES string of the molecule is COC[C@@H](C)CCCCI.P. The van der Waals surface area contributed by atoms with Crippen LogP contribution in [0.1, 0.15) is 26.2 Å². The van der Waals surface area contributed by atoms with Gasteiger partial charge >= 0.3 is 0 Å². The summed E-state index contributed by atoms with van der Waals surface area (Å²) in [5, 5.41) is 0. The molecular formula is C8H20IOP. The van der Waals surface area contributed by atoms with E-state index in [4.69, 9.17) is 4.74 Å². The summed E-state index contributed by atoms with van der Waals surface area (Å²) in [7, 11) is 1.77. The Bertz CT molecular complexity index is 71.1. The topological polar surface area (TPSA) is 9.23 Å². The first kappa shape index (κ1) is 14.6. The summed E-state index contributed by atoms with van der Waals surface area (Å²) in [6.45, 7) is 3.16. The number of unbranched alkanes of at least 4 members (excludes halogenated alkanes) is 1. The van der Waals surface area contributed by atoms with Gasteiger partial charge in [0.1, 0.15) is 0 Å². The second kappa shape index (κ2) is 11.1. The van der Waals surface area contributed by atoms with Crippen molar-refractivity contribution in [1.29, 1.82) is 0 Å². The van der Waals surface area contributed by atoms with Gasteiger partial charge < -0.3 is 4.74 Å². The third-order valence-electron chi connectivity index (χ3n) is 1.53. The van der Waals surface area contributed by atoms with Crippen molar-refractivity contribution in [2.24, 2.45) is 5.92 Å². The van der Waals surface area contributed by atoms with Crippen molar-refractivity contribution in [3.63, 3.8) is 0 Å². The molecule has 0 amide bonds. The molecule has 0 aliphatic carbocycles. The van der Waals surface area contributed by atoms with Gasteiger partial charge in [-0.1, -0.05) is 35.9 Å². The fourth-order valence-electron chi connectivity index (χ4n) is 0.955. The minimum atomic E-state index is 0. The van der Waals surface area contributed by atoms with E-state index in [0.29, 0.717) is 0 Å². The van der Waals surface area contributed by atoms with Crippen LogP contribution in [0.4, 0.5) is 0 Å². The largest absolute Gasteiger partial charge is 0.384 e. The Balaban J connectivity index is 0. The molecule has 0 saturated heterocycles. The molecule has 0 fully saturated rings. The molecule has 0 radical (unpaired) electrons. The van der Waals surface area contributed by atoms with Crippen LogP contribution >= 0.6 is 32.5 Å². The molecule has 0 N–H and O–H groups in total. The molecule has 0 rings (SSSR count). The maximum absolute atomic E-state index is 5.03. The van der Waals surface area contributed by atoms with E-state index in [1.54, 1.807) is 7.11 Å².